The van der Waals surface area contributed by atoms with Crippen molar-refractivity contribution in [3.05, 3.63) is 35.9 Å². The third-order valence-corrected chi connectivity index (χ3v) is 2.09. The highest BCUT2D eigenvalue weighted by Gasteiger charge is 2.63. The number of ether oxygens (including phenoxy) is 1. The normalized spacial score (nSPS) is 15.6. The van der Waals surface area contributed by atoms with Gasteiger partial charge in [0.15, 0.2) is 0 Å². The Kier molecular flexibility index (Phi) is 4.70. The zero-order valence-corrected chi connectivity index (χ0v) is 10.9. The van der Waals surface area contributed by atoms with Crippen molar-refractivity contribution in [3.63, 3.8) is 0 Å². The number of benzene rings is 1. The molecule has 0 spiro atoms. The lowest BCUT2D eigenvalue weighted by Crippen LogP contribution is -2.59. The molecule has 112 valence electrons. The molecule has 1 unspecified atom stereocenters. The lowest BCUT2D eigenvalue weighted by molar-refractivity contribution is -0.390. The molecule has 1 atom stereocenters. The second kappa shape index (κ2) is 5.60. The van der Waals surface area contributed by atoms with Crippen molar-refractivity contribution in [3.8, 4) is 0 Å². The van der Waals surface area contributed by atoms with Crippen LogP contribution in [0.3, 0.4) is 0 Å². The molecular weight excluding hydrogens is 360 g/mol. The molecule has 0 aliphatic rings. The summed E-state index contributed by atoms with van der Waals surface area (Å²) >= 11 is 1.41. The molecule has 1 rings (SSSR count). The van der Waals surface area contributed by atoms with E-state index in [-0.39, 0.29) is 5.56 Å². The molecule has 1 aromatic carbocycles. The van der Waals surface area contributed by atoms with Gasteiger partial charge in [-0.1, -0.05) is 18.2 Å². The smallest absolute Gasteiger partial charge is 0.289 e. The maximum absolute atomic E-state index is 13.5. The summed E-state index contributed by atoms with van der Waals surface area (Å²) in [5, 5.41) is -3.88. The van der Waals surface area contributed by atoms with Crippen molar-refractivity contribution in [2.75, 3.05) is 0 Å². The Morgan fingerprint density at radius 3 is 1.95 bits per heavy atom. The maximum Gasteiger partial charge on any atom is 0.470 e. The van der Waals surface area contributed by atoms with E-state index in [1.165, 1.54) is 34.1 Å². The molecule has 0 aliphatic heterocycles. The van der Waals surface area contributed by atoms with Crippen molar-refractivity contribution in [1.82, 2.24) is 5.32 Å². The van der Waals surface area contributed by atoms with E-state index < -0.39 is 23.1 Å². The molecule has 1 aromatic rings. The first kappa shape index (κ1) is 16.8. The maximum atomic E-state index is 13.5. The van der Waals surface area contributed by atoms with Crippen molar-refractivity contribution < 1.29 is 35.9 Å². The summed E-state index contributed by atoms with van der Waals surface area (Å²) in [5.74, 6) is -6.62. The van der Waals surface area contributed by atoms with Crippen LogP contribution < -0.4 is 5.32 Å². The van der Waals surface area contributed by atoms with E-state index in [1.54, 1.807) is 0 Å². The van der Waals surface area contributed by atoms with Gasteiger partial charge in [0.05, 0.1) is 0 Å². The van der Waals surface area contributed by atoms with Crippen molar-refractivity contribution in [2.24, 2.45) is 0 Å². The van der Waals surface area contributed by atoms with Gasteiger partial charge in [0.1, 0.15) is 0 Å². The van der Waals surface area contributed by atoms with E-state index in [9.17, 15) is 31.1 Å². The number of carbonyl (C=O) groups is 1. The minimum Gasteiger partial charge on any atom is -0.289 e. The Hall–Kier alpha value is -1.29. The average Bonchev–Trinajstić information content (AvgIpc) is 2.26. The molecule has 0 aliphatic carbocycles. The monoisotopic (exact) mass is 365 g/mol. The van der Waals surface area contributed by atoms with Crippen LogP contribution in [0, 0.1) is 0 Å². The summed E-state index contributed by atoms with van der Waals surface area (Å²) < 4.78 is 78.6. The number of hydrogen-bond acceptors (Lipinski definition) is 2. The number of amides is 1. The van der Waals surface area contributed by atoms with Gasteiger partial charge in [0.25, 0.3) is 5.91 Å². The number of halogens is 7. The molecule has 0 saturated heterocycles. The first-order valence-electron chi connectivity index (χ1n) is 4.85. The number of carbonyl (C=O) groups excluding carboxylic acids is 1. The van der Waals surface area contributed by atoms with Crippen LogP contribution >= 0.6 is 15.9 Å². The molecule has 3 nitrogen and oxygen atoms in total. The SMILES string of the molecule is O=C(NC(F)(OC(F)(F)Br)C(F)(F)F)c1ccccc1. The molecule has 0 bridgehead atoms. The summed E-state index contributed by atoms with van der Waals surface area (Å²) in [4.78, 5) is 11.4. The molecule has 10 heteroatoms. The Labute approximate surface area is 117 Å². The molecule has 20 heavy (non-hydrogen) atoms. The Morgan fingerprint density at radius 2 is 1.55 bits per heavy atom. The van der Waals surface area contributed by atoms with Crippen molar-refractivity contribution in [2.45, 2.75) is 17.2 Å². The van der Waals surface area contributed by atoms with Gasteiger partial charge < -0.3 is 0 Å². The fourth-order valence-electron chi connectivity index (χ4n) is 1.12. The van der Waals surface area contributed by atoms with Crippen molar-refractivity contribution in [1.29, 1.82) is 0 Å². The zero-order chi connectivity index (χ0) is 15.6. The zero-order valence-electron chi connectivity index (χ0n) is 9.35. The van der Waals surface area contributed by atoms with Crippen molar-refractivity contribution >= 4 is 21.8 Å². The highest BCUT2D eigenvalue weighted by atomic mass is 79.9. The summed E-state index contributed by atoms with van der Waals surface area (Å²) in [5.41, 5.74) is -0.361. The van der Waals surface area contributed by atoms with Gasteiger partial charge in [-0.3, -0.25) is 10.1 Å². The molecule has 1 amide bonds. The van der Waals surface area contributed by atoms with Crippen LogP contribution in [0.5, 0.6) is 0 Å². The molecular formula is C10H6BrF6NO2. The topological polar surface area (TPSA) is 38.3 Å². The molecule has 0 heterocycles. The molecule has 0 fully saturated rings. The third kappa shape index (κ3) is 4.37. The first-order valence-corrected chi connectivity index (χ1v) is 5.64. The average molecular weight is 366 g/mol. The highest BCUT2D eigenvalue weighted by molar-refractivity contribution is 9.09. The third-order valence-electron chi connectivity index (χ3n) is 1.93. The number of nitrogens with one attached hydrogen (secondary N) is 1. The van der Waals surface area contributed by atoms with Gasteiger partial charge >= 0.3 is 17.2 Å². The molecule has 0 radical (unpaired) electrons. The van der Waals surface area contributed by atoms with Crippen LogP contribution in [0.25, 0.3) is 0 Å². The molecule has 0 saturated carbocycles. The Bertz CT molecular complexity index is 475. The van der Waals surface area contributed by atoms with E-state index in [2.05, 4.69) is 4.74 Å². The minimum absolute atomic E-state index is 0.361. The van der Waals surface area contributed by atoms with Gasteiger partial charge in [-0.15, -0.1) is 0 Å². The fourth-order valence-corrected chi connectivity index (χ4v) is 1.34. The summed E-state index contributed by atoms with van der Waals surface area (Å²) in [7, 11) is 0. The van der Waals surface area contributed by atoms with Crippen LogP contribution in [0.1, 0.15) is 10.4 Å². The van der Waals surface area contributed by atoms with E-state index >= 15 is 0 Å². The lowest BCUT2D eigenvalue weighted by atomic mass is 10.2. The Morgan fingerprint density at radius 1 is 1.05 bits per heavy atom. The van der Waals surface area contributed by atoms with Gasteiger partial charge in [0.2, 0.25) is 0 Å². The molecule has 1 N–H and O–H groups in total. The summed E-state index contributed by atoms with van der Waals surface area (Å²) in [6.07, 6.45) is -5.91. The lowest BCUT2D eigenvalue weighted by Gasteiger charge is -2.29. The largest absolute Gasteiger partial charge is 0.470 e. The Balaban J connectivity index is 3.00. The first-order chi connectivity index (χ1) is 8.95. The number of alkyl halides is 7. The standard InChI is InChI=1S/C10H6BrF6NO2/c11-10(16,17)20-9(15,8(12,13)14)18-7(19)6-4-2-1-3-5-6/h1-5H,(H,18,19). The van der Waals surface area contributed by atoms with Gasteiger partial charge in [-0.2, -0.15) is 26.3 Å². The van der Waals surface area contributed by atoms with E-state index in [0.717, 1.165) is 17.4 Å². The fraction of sp³-hybridized carbons (Fsp3) is 0.300. The predicted molar refractivity (Wildman–Crippen MR) is 58.8 cm³/mol. The van der Waals surface area contributed by atoms with Crippen LogP contribution in [-0.2, 0) is 4.74 Å². The molecule has 0 aromatic heterocycles. The minimum atomic E-state index is -5.91. The van der Waals surface area contributed by atoms with Crippen LogP contribution in [0.2, 0.25) is 0 Å². The van der Waals surface area contributed by atoms with E-state index in [4.69, 9.17) is 0 Å². The highest BCUT2D eigenvalue weighted by Crippen LogP contribution is 2.39. The summed E-state index contributed by atoms with van der Waals surface area (Å²) in [6.45, 7) is 0. The quantitative estimate of drug-likeness (QED) is 0.383. The van der Waals surface area contributed by atoms with Crippen LogP contribution in [0.4, 0.5) is 26.3 Å². The number of rotatable bonds is 4. The second-order valence-electron chi connectivity index (χ2n) is 3.46. The van der Waals surface area contributed by atoms with E-state index in [0.29, 0.717) is 0 Å². The van der Waals surface area contributed by atoms with Crippen LogP contribution in [0.15, 0.2) is 30.3 Å². The van der Waals surface area contributed by atoms with Gasteiger partial charge in [-0.05, 0) is 12.1 Å². The van der Waals surface area contributed by atoms with Gasteiger partial charge in [-0.25, -0.2) is 4.74 Å². The number of hydrogen-bond donors (Lipinski definition) is 1. The predicted octanol–water partition coefficient (Wildman–Crippen LogP) is 3.56. The van der Waals surface area contributed by atoms with Gasteiger partial charge in [0, 0.05) is 21.5 Å². The second-order valence-corrected chi connectivity index (χ2v) is 4.38. The summed E-state index contributed by atoms with van der Waals surface area (Å²) in [6, 6.07) is 6.17. The van der Waals surface area contributed by atoms with Crippen LogP contribution in [-0.4, -0.2) is 23.1 Å². The van der Waals surface area contributed by atoms with E-state index in [1.807, 2.05) is 0 Å².